The molecule has 3 heterocycles. The topological polar surface area (TPSA) is 95.3 Å². The minimum Gasteiger partial charge on any atom is -0.397 e. The van der Waals surface area contributed by atoms with Gasteiger partial charge in [-0.25, -0.2) is 9.67 Å². The lowest BCUT2D eigenvalue weighted by Crippen LogP contribution is -2.46. The van der Waals surface area contributed by atoms with Gasteiger partial charge in [-0.2, -0.15) is 18.3 Å². The molecule has 2 aliphatic rings. The first-order chi connectivity index (χ1) is 18.7. The number of nitrogens with one attached hydrogen (secondary N) is 2. The quantitative estimate of drug-likeness (QED) is 0.280. The van der Waals surface area contributed by atoms with E-state index in [-0.39, 0.29) is 6.54 Å². The van der Waals surface area contributed by atoms with E-state index in [9.17, 15) is 13.2 Å². The summed E-state index contributed by atoms with van der Waals surface area (Å²) >= 11 is 6.32. The van der Waals surface area contributed by atoms with Crippen LogP contribution >= 0.6 is 11.6 Å². The van der Waals surface area contributed by atoms with E-state index in [4.69, 9.17) is 27.8 Å². The van der Waals surface area contributed by atoms with Gasteiger partial charge in [-0.1, -0.05) is 49.7 Å². The normalized spacial score (nSPS) is 15.4. The Morgan fingerprint density at radius 3 is 2.46 bits per heavy atom. The second-order valence-electron chi connectivity index (χ2n) is 9.51. The van der Waals surface area contributed by atoms with E-state index in [2.05, 4.69) is 36.3 Å². The smallest absolute Gasteiger partial charge is 0.397 e. The molecule has 0 unspecified atom stereocenters. The Hall–Kier alpha value is -3.79. The predicted molar refractivity (Wildman–Crippen MR) is 149 cm³/mol. The third kappa shape index (κ3) is 4.78. The highest BCUT2D eigenvalue weighted by atomic mass is 35.5. The van der Waals surface area contributed by atoms with Gasteiger partial charge in [-0.15, -0.1) is 0 Å². The van der Waals surface area contributed by atoms with Crippen molar-refractivity contribution in [3.05, 3.63) is 75.1 Å². The van der Waals surface area contributed by atoms with Crippen LogP contribution in [0.25, 0.3) is 16.9 Å². The lowest BCUT2D eigenvalue weighted by Gasteiger charge is -2.32. The van der Waals surface area contributed by atoms with Crippen LogP contribution in [0.4, 0.5) is 18.9 Å². The van der Waals surface area contributed by atoms with Crippen LogP contribution in [-0.2, 0) is 25.8 Å². The zero-order valence-corrected chi connectivity index (χ0v) is 22.4. The Kier molecular flexibility index (Phi) is 7.15. The van der Waals surface area contributed by atoms with Crippen LogP contribution in [0, 0.1) is 5.41 Å². The predicted octanol–water partition coefficient (Wildman–Crippen LogP) is 5.66. The number of aromatic nitrogens is 2. The first-order valence-corrected chi connectivity index (χ1v) is 13.2. The molecule has 7 nitrogen and oxygen atoms in total. The summed E-state index contributed by atoms with van der Waals surface area (Å²) in [6.45, 7) is 4.78. The largest absolute Gasteiger partial charge is 0.415 e. The van der Waals surface area contributed by atoms with Crippen LogP contribution in [0.1, 0.15) is 41.8 Å². The van der Waals surface area contributed by atoms with Crippen LogP contribution in [0.15, 0.2) is 47.1 Å². The standard InChI is InChI=1S/C28H29ClF3N7/c1-3-16-6-5-7-17(4-2)25(16)39-26(19-8-9-22(29)24(34)20(19)12-33)21-15-38(11-10-23(21)37-39)27-35-13-18(14-36-27)28(30,31)32/h5-9,12-13,33H,3-4,10-11,14-15,34H2,1-2H3,(H,35,36). The molecule has 0 atom stereocenters. The maximum absolute atomic E-state index is 13.1. The van der Waals surface area contributed by atoms with E-state index in [1.807, 2.05) is 21.7 Å². The fourth-order valence-electron chi connectivity index (χ4n) is 5.22. The number of para-hydroxylation sites is 1. The van der Waals surface area contributed by atoms with Crippen molar-refractivity contribution in [2.45, 2.75) is 45.8 Å². The molecule has 0 spiro atoms. The molecule has 0 radical (unpaired) electrons. The van der Waals surface area contributed by atoms with Crippen LogP contribution in [0.3, 0.4) is 0 Å². The van der Waals surface area contributed by atoms with Gasteiger partial charge in [0.2, 0.25) is 0 Å². The van der Waals surface area contributed by atoms with Gasteiger partial charge in [0.05, 0.1) is 33.4 Å². The van der Waals surface area contributed by atoms with Crippen LogP contribution < -0.4 is 11.1 Å². The molecule has 11 heteroatoms. The second-order valence-corrected chi connectivity index (χ2v) is 9.92. The number of alkyl halides is 3. The summed E-state index contributed by atoms with van der Waals surface area (Å²) in [6, 6.07) is 9.78. The van der Waals surface area contributed by atoms with Gasteiger partial charge in [0.1, 0.15) is 0 Å². The summed E-state index contributed by atoms with van der Waals surface area (Å²) in [4.78, 5) is 6.03. The number of nitrogen functional groups attached to an aromatic ring is 1. The zero-order valence-electron chi connectivity index (χ0n) is 21.7. The lowest BCUT2D eigenvalue weighted by atomic mass is 9.95. The van der Waals surface area contributed by atoms with Crippen LogP contribution in [0.2, 0.25) is 5.02 Å². The Labute approximate surface area is 229 Å². The highest BCUT2D eigenvalue weighted by molar-refractivity contribution is 6.34. The van der Waals surface area contributed by atoms with E-state index in [0.29, 0.717) is 47.3 Å². The van der Waals surface area contributed by atoms with E-state index < -0.39 is 11.7 Å². The number of anilines is 1. The minimum absolute atomic E-state index is 0.306. The maximum atomic E-state index is 13.1. The summed E-state index contributed by atoms with van der Waals surface area (Å²) in [5.41, 5.74) is 13.0. The molecule has 2 aliphatic heterocycles. The van der Waals surface area contributed by atoms with Crippen molar-refractivity contribution in [1.82, 2.24) is 20.0 Å². The number of nitrogens with zero attached hydrogens (tertiary/aromatic N) is 4. The van der Waals surface area contributed by atoms with Gasteiger partial charge >= 0.3 is 6.18 Å². The molecule has 1 aromatic heterocycles. The van der Waals surface area contributed by atoms with E-state index in [1.54, 1.807) is 6.07 Å². The summed E-state index contributed by atoms with van der Waals surface area (Å²) in [5, 5.41) is 16.4. The fraction of sp³-hybridized carbons (Fsp3) is 0.321. The number of fused-ring (bicyclic) bond motifs is 1. The number of aryl methyl sites for hydroxylation is 2. The molecule has 0 amide bonds. The number of nitrogens with two attached hydrogens (primary N) is 1. The molecule has 5 rings (SSSR count). The van der Waals surface area contributed by atoms with Crippen molar-refractivity contribution in [2.24, 2.45) is 4.99 Å². The van der Waals surface area contributed by atoms with Crippen molar-refractivity contribution >= 4 is 29.5 Å². The molecular weight excluding hydrogens is 527 g/mol. The minimum atomic E-state index is -4.42. The number of hydrogen-bond donors (Lipinski definition) is 3. The average Bonchev–Trinajstić information content (AvgIpc) is 3.31. The third-order valence-electron chi connectivity index (χ3n) is 7.29. The molecule has 204 valence electrons. The highest BCUT2D eigenvalue weighted by Gasteiger charge is 2.36. The summed E-state index contributed by atoms with van der Waals surface area (Å²) in [7, 11) is 0. The Morgan fingerprint density at radius 1 is 1.15 bits per heavy atom. The second kappa shape index (κ2) is 10.4. The number of halogens is 4. The average molecular weight is 556 g/mol. The van der Waals surface area contributed by atoms with Crippen LogP contribution in [0.5, 0.6) is 0 Å². The monoisotopic (exact) mass is 555 g/mol. The molecule has 0 fully saturated rings. The highest BCUT2D eigenvalue weighted by Crippen LogP contribution is 2.39. The van der Waals surface area contributed by atoms with Gasteiger partial charge in [-0.3, -0.25) is 0 Å². The zero-order chi connectivity index (χ0) is 27.9. The third-order valence-corrected chi connectivity index (χ3v) is 7.62. The number of hydrogen-bond acceptors (Lipinski definition) is 6. The molecule has 0 bridgehead atoms. The Balaban J connectivity index is 1.70. The number of guanidine groups is 1. The SMILES string of the molecule is CCc1cccc(CC)c1-n1nc2c(c1-c1ccc(Cl)c(N)c1C=N)CN(C1=NC=C(C(F)(F)F)CN1)CC2. The molecule has 3 aromatic rings. The van der Waals surface area contributed by atoms with Gasteiger partial charge in [-0.05, 0) is 30.0 Å². The van der Waals surface area contributed by atoms with E-state index >= 15 is 0 Å². The first kappa shape index (κ1) is 26.8. The lowest BCUT2D eigenvalue weighted by molar-refractivity contribution is -0.0930. The van der Waals surface area contributed by atoms with Gasteiger partial charge in [0, 0.05) is 55.2 Å². The van der Waals surface area contributed by atoms with Gasteiger partial charge in [0.15, 0.2) is 5.96 Å². The van der Waals surface area contributed by atoms with Crippen molar-refractivity contribution in [3.8, 4) is 16.9 Å². The van der Waals surface area contributed by atoms with Crippen molar-refractivity contribution < 1.29 is 13.2 Å². The molecule has 0 saturated carbocycles. The van der Waals surface area contributed by atoms with E-state index in [1.165, 1.54) is 6.21 Å². The Morgan fingerprint density at radius 2 is 1.87 bits per heavy atom. The maximum Gasteiger partial charge on any atom is 0.415 e. The summed E-state index contributed by atoms with van der Waals surface area (Å²) in [5.74, 6) is 0.387. The Bertz CT molecular complexity index is 1480. The molecule has 0 aliphatic carbocycles. The van der Waals surface area contributed by atoms with Gasteiger partial charge in [0.25, 0.3) is 0 Å². The fourth-order valence-corrected chi connectivity index (χ4v) is 5.39. The molecule has 39 heavy (non-hydrogen) atoms. The number of benzene rings is 2. The molecule has 2 aromatic carbocycles. The summed E-state index contributed by atoms with van der Waals surface area (Å²) in [6.07, 6.45) is -0.160. The number of rotatable bonds is 5. The molecule has 4 N–H and O–H groups in total. The van der Waals surface area contributed by atoms with Crippen molar-refractivity contribution in [3.63, 3.8) is 0 Å². The number of aliphatic imine (C=N–C) groups is 1. The van der Waals surface area contributed by atoms with E-state index in [0.717, 1.165) is 52.8 Å². The van der Waals surface area contributed by atoms with Gasteiger partial charge < -0.3 is 21.4 Å². The molecular formula is C28H29ClF3N7. The van der Waals surface area contributed by atoms with Crippen LogP contribution in [-0.4, -0.2) is 46.1 Å². The first-order valence-electron chi connectivity index (χ1n) is 12.8. The summed E-state index contributed by atoms with van der Waals surface area (Å²) < 4.78 is 41.3. The molecule has 0 saturated heterocycles. The van der Waals surface area contributed by atoms with Crippen molar-refractivity contribution in [1.29, 1.82) is 5.41 Å². The van der Waals surface area contributed by atoms with Crippen molar-refractivity contribution in [2.75, 3.05) is 18.8 Å².